The van der Waals surface area contributed by atoms with Crippen molar-refractivity contribution in [3.05, 3.63) is 153 Å². The number of rotatable bonds is 8. The highest BCUT2D eigenvalue weighted by Crippen LogP contribution is 2.40. The first-order valence-corrected chi connectivity index (χ1v) is 29.4. The van der Waals surface area contributed by atoms with Gasteiger partial charge in [0.05, 0.1) is 68.7 Å². The molecule has 14 heteroatoms. The first-order chi connectivity index (χ1) is 40.6. The van der Waals surface area contributed by atoms with Crippen molar-refractivity contribution in [3.63, 3.8) is 0 Å². The average molecular weight is 1180 g/mol. The van der Waals surface area contributed by atoms with Crippen molar-refractivity contribution in [2.45, 2.75) is 146 Å². The van der Waals surface area contributed by atoms with E-state index in [0.717, 1.165) is 46.5 Å². The lowest BCUT2D eigenvalue weighted by Gasteiger charge is -2.42. The number of benzene rings is 4. The SMILES string of the molecule is C#Cc1cc2c(cc1C#C)CCC(=C(N=C(C)c1cccc(OC)c1F)C(=O)N1CCOCC1(C)C)CC2.C#Cc1cc2c(cc1OC)CCc1c(C(=O)N3CCOCC3(C)C)nc(-c3ccc(C)c(C(C)(F)F)c3)n1-2.CC(C)C.[CH2]C.[CH2]C(C)C. The van der Waals surface area contributed by atoms with Crippen LogP contribution in [0.15, 0.2) is 76.9 Å². The molecule has 1 aliphatic carbocycles. The molecule has 9 rings (SSSR count). The van der Waals surface area contributed by atoms with Gasteiger partial charge in [0.2, 0.25) is 0 Å². The second-order valence-corrected chi connectivity index (χ2v) is 24.0. The van der Waals surface area contributed by atoms with E-state index < -0.39 is 22.8 Å². The average Bonchev–Trinajstić information content (AvgIpc) is 1.59. The van der Waals surface area contributed by atoms with Gasteiger partial charge in [-0.2, -0.15) is 0 Å². The molecule has 4 aromatic carbocycles. The van der Waals surface area contributed by atoms with Gasteiger partial charge in [0.25, 0.3) is 17.7 Å². The second kappa shape index (κ2) is 30.2. The summed E-state index contributed by atoms with van der Waals surface area (Å²) in [7, 11) is 2.99. The van der Waals surface area contributed by atoms with Crippen LogP contribution in [0.1, 0.15) is 162 Å². The maximum absolute atomic E-state index is 15.1. The van der Waals surface area contributed by atoms with Gasteiger partial charge in [-0.15, -0.1) is 19.3 Å². The van der Waals surface area contributed by atoms with Gasteiger partial charge in [-0.05, 0) is 162 Å². The van der Waals surface area contributed by atoms with Crippen LogP contribution in [0.25, 0.3) is 17.1 Å². The van der Waals surface area contributed by atoms with Crippen LogP contribution in [0.2, 0.25) is 0 Å². The van der Waals surface area contributed by atoms with Gasteiger partial charge < -0.3 is 28.7 Å². The monoisotopic (exact) mass is 1180 g/mol. The van der Waals surface area contributed by atoms with Gasteiger partial charge in [-0.25, -0.2) is 23.1 Å². The van der Waals surface area contributed by atoms with E-state index in [-0.39, 0.29) is 23.1 Å². The summed E-state index contributed by atoms with van der Waals surface area (Å²) in [6.45, 7) is 34.1. The number of ether oxygens (including phenoxy) is 4. The molecule has 458 valence electrons. The number of allylic oxidation sites excluding steroid dienone is 1. The third kappa shape index (κ3) is 16.5. The highest BCUT2D eigenvalue weighted by Gasteiger charge is 2.40. The van der Waals surface area contributed by atoms with E-state index >= 15 is 4.39 Å². The number of carbonyl (C=O) groups excluding carboxylic acids is 2. The lowest BCUT2D eigenvalue weighted by molar-refractivity contribution is -0.142. The van der Waals surface area contributed by atoms with Crippen molar-refractivity contribution < 1.29 is 41.7 Å². The summed E-state index contributed by atoms with van der Waals surface area (Å²) >= 11 is 0. The summed E-state index contributed by atoms with van der Waals surface area (Å²) in [6, 6.07) is 17.6. The van der Waals surface area contributed by atoms with Crippen LogP contribution in [-0.2, 0) is 45.9 Å². The summed E-state index contributed by atoms with van der Waals surface area (Å²) in [5, 5.41) is 0. The van der Waals surface area contributed by atoms with Crippen LogP contribution in [0.4, 0.5) is 13.2 Å². The van der Waals surface area contributed by atoms with E-state index in [1.807, 2.05) is 61.4 Å². The Balaban J connectivity index is 0.000000272. The fourth-order valence-corrected chi connectivity index (χ4v) is 10.6. The molecule has 11 nitrogen and oxygen atoms in total. The molecule has 4 aliphatic rings. The zero-order valence-electron chi connectivity index (χ0n) is 53.4. The Morgan fingerprint density at radius 1 is 0.756 bits per heavy atom. The summed E-state index contributed by atoms with van der Waals surface area (Å²) in [4.78, 5) is 41.4. The number of hydrogen-bond donors (Lipinski definition) is 0. The van der Waals surface area contributed by atoms with Crippen LogP contribution in [0.5, 0.6) is 11.5 Å². The van der Waals surface area contributed by atoms with Crippen LogP contribution in [0, 0.1) is 75.5 Å². The van der Waals surface area contributed by atoms with Crippen molar-refractivity contribution in [2.75, 3.05) is 53.7 Å². The third-order valence-electron chi connectivity index (χ3n) is 14.8. The smallest absolute Gasteiger partial charge is 0.274 e. The number of aromatic nitrogens is 2. The number of aliphatic imine (C=N–C) groups is 1. The minimum absolute atomic E-state index is 0.0791. The maximum Gasteiger partial charge on any atom is 0.274 e. The number of halogens is 3. The number of carbonyl (C=O) groups is 2. The summed E-state index contributed by atoms with van der Waals surface area (Å²) in [5.74, 6) is 6.70. The largest absolute Gasteiger partial charge is 0.495 e. The molecule has 0 N–H and O–H groups in total. The number of hydrogen-bond acceptors (Lipinski definition) is 8. The highest BCUT2D eigenvalue weighted by molar-refractivity contribution is 6.04. The Morgan fingerprint density at radius 2 is 1.28 bits per heavy atom. The molecule has 2 fully saturated rings. The predicted molar refractivity (Wildman–Crippen MR) is 341 cm³/mol. The molecule has 3 aliphatic heterocycles. The van der Waals surface area contributed by atoms with E-state index in [1.165, 1.54) is 13.2 Å². The Bertz CT molecular complexity index is 3370. The fourth-order valence-electron chi connectivity index (χ4n) is 10.6. The van der Waals surface area contributed by atoms with E-state index in [4.69, 9.17) is 48.2 Å². The van der Waals surface area contributed by atoms with Crippen LogP contribution >= 0.6 is 0 Å². The molecular formula is C72H88F3N5O6. The van der Waals surface area contributed by atoms with E-state index in [2.05, 4.69) is 66.2 Å². The lowest BCUT2D eigenvalue weighted by atomic mass is 9.96. The number of morpholine rings is 2. The Labute approximate surface area is 511 Å². The van der Waals surface area contributed by atoms with Crippen molar-refractivity contribution in [3.8, 4) is 65.6 Å². The maximum atomic E-state index is 15.1. The number of terminal acetylenes is 3. The highest BCUT2D eigenvalue weighted by atomic mass is 19.3. The molecular weight excluding hydrogens is 1090 g/mol. The van der Waals surface area contributed by atoms with E-state index in [9.17, 15) is 18.4 Å². The molecule has 0 unspecified atom stereocenters. The quantitative estimate of drug-likeness (QED) is 0.0659. The predicted octanol–water partition coefficient (Wildman–Crippen LogP) is 14.4. The zero-order valence-corrected chi connectivity index (χ0v) is 53.4. The molecule has 2 radical (unpaired) electrons. The summed E-state index contributed by atoms with van der Waals surface area (Å²) in [6.07, 6.45) is 21.0. The van der Waals surface area contributed by atoms with E-state index in [1.54, 1.807) is 63.1 Å². The van der Waals surface area contributed by atoms with Gasteiger partial charge in [0.15, 0.2) is 17.3 Å². The molecule has 0 spiro atoms. The minimum atomic E-state index is -3.03. The number of methoxy groups -OCH3 is 2. The molecule has 0 bridgehead atoms. The first kappa shape index (κ1) is 69.2. The Kier molecular flexibility index (Phi) is 24.3. The number of alkyl halides is 2. The topological polar surface area (TPSA) is 108 Å². The standard InChI is InChI=1S/C32H33FN2O3.C30H31F2N3O3.C4H10.C4H9.C2H5/c1-7-22-18-25-14-12-24(13-15-26(25)19-23(22)8-2)30(31(36)35-16-17-38-20-32(35,4)5)34-21(3)27-10-9-11-28(37-6)29(27)33;1-7-19-15-24-20(16-25(19)37-6)10-11-23-26(28(36)34-12-13-38-17-29(34,3)4)33-27(35(23)24)21-9-8-18(2)22(14-21)30(5,31)32;2*1-4(2)3;1-2/h1-2,9-11,18-19H,12-17,20H2,3-6H3;1,8-9,14-16H,10-13,17H2,2-6H3;4H,1-3H3;4H,1H2,2-3H3;1H2,2H3. The Morgan fingerprint density at radius 3 is 1.78 bits per heavy atom. The Hall–Kier alpha value is -7.57. The van der Waals surface area contributed by atoms with Gasteiger partial charge >= 0.3 is 0 Å². The molecule has 5 aromatic rings. The van der Waals surface area contributed by atoms with Gasteiger partial charge in [0.1, 0.15) is 17.3 Å². The van der Waals surface area contributed by atoms with Crippen LogP contribution in [-0.4, -0.2) is 102 Å². The van der Waals surface area contributed by atoms with Crippen molar-refractivity contribution in [1.29, 1.82) is 0 Å². The zero-order chi connectivity index (χ0) is 64.0. The second-order valence-electron chi connectivity index (χ2n) is 24.0. The first-order valence-electron chi connectivity index (χ1n) is 29.4. The van der Waals surface area contributed by atoms with Gasteiger partial charge in [0, 0.05) is 53.5 Å². The lowest BCUT2D eigenvalue weighted by Crippen LogP contribution is -2.56. The third-order valence-corrected chi connectivity index (χ3v) is 14.8. The summed E-state index contributed by atoms with van der Waals surface area (Å²) in [5.41, 5.74) is 8.93. The van der Waals surface area contributed by atoms with Gasteiger partial charge in [-0.1, -0.05) is 91.4 Å². The fraction of sp³-hybridized carbons (Fsp3) is 0.444. The molecule has 0 atom stereocenters. The molecule has 4 heterocycles. The number of imidazole rings is 1. The molecule has 1 aromatic heterocycles. The van der Waals surface area contributed by atoms with Crippen LogP contribution < -0.4 is 9.47 Å². The van der Waals surface area contributed by atoms with E-state index in [0.29, 0.717) is 146 Å². The number of fused-ring (bicyclic) bond motifs is 4. The number of nitrogens with zero attached hydrogens (tertiary/aromatic N) is 5. The minimum Gasteiger partial charge on any atom is -0.495 e. The van der Waals surface area contributed by atoms with Crippen molar-refractivity contribution in [1.82, 2.24) is 19.4 Å². The van der Waals surface area contributed by atoms with Crippen molar-refractivity contribution in [2.24, 2.45) is 16.8 Å². The normalized spacial score (nSPS) is 15.7. The molecule has 2 amide bonds. The molecule has 0 saturated carbocycles. The number of amides is 2. The van der Waals surface area contributed by atoms with Crippen molar-refractivity contribution >= 4 is 17.5 Å². The number of aryl methyl sites for hydroxylation is 4. The van der Waals surface area contributed by atoms with Crippen LogP contribution in [0.3, 0.4) is 0 Å². The van der Waals surface area contributed by atoms with Gasteiger partial charge in [-0.3, -0.25) is 14.2 Å². The molecule has 86 heavy (non-hydrogen) atoms. The molecule has 2 saturated heterocycles. The summed E-state index contributed by atoms with van der Waals surface area (Å²) < 4.78 is 67.9.